The molecule has 0 saturated carbocycles. The largest absolute Gasteiger partial charge is 0.330 e. The molecule has 2 aromatic rings. The van der Waals surface area contributed by atoms with Crippen molar-refractivity contribution in [3.63, 3.8) is 0 Å². The van der Waals surface area contributed by atoms with E-state index in [-0.39, 0.29) is 22.9 Å². The van der Waals surface area contributed by atoms with Crippen LogP contribution in [0.3, 0.4) is 0 Å². The molecular formula is C15H19N5O3. The zero-order valence-corrected chi connectivity index (χ0v) is 13.5. The predicted molar refractivity (Wildman–Crippen MR) is 83.1 cm³/mol. The van der Waals surface area contributed by atoms with Crippen LogP contribution in [0, 0.1) is 5.41 Å². The van der Waals surface area contributed by atoms with E-state index < -0.39 is 11.2 Å². The number of rotatable bonds is 2. The third kappa shape index (κ3) is 2.30. The summed E-state index contributed by atoms with van der Waals surface area (Å²) >= 11 is 0. The molecule has 0 aromatic carbocycles. The highest BCUT2D eigenvalue weighted by Crippen LogP contribution is 2.48. The summed E-state index contributed by atoms with van der Waals surface area (Å²) in [7, 11) is 3.16. The summed E-state index contributed by atoms with van der Waals surface area (Å²) < 4.78 is 2.59. The highest BCUT2D eigenvalue weighted by atomic mass is 16.2. The van der Waals surface area contributed by atoms with Crippen molar-refractivity contribution in [3.8, 4) is 0 Å². The molecule has 1 N–H and O–H groups in total. The van der Waals surface area contributed by atoms with Crippen molar-refractivity contribution in [2.45, 2.75) is 19.9 Å². The summed E-state index contributed by atoms with van der Waals surface area (Å²) in [6, 6.07) is -0.152. The average Bonchev–Trinajstić information content (AvgIpc) is 2.87. The van der Waals surface area contributed by atoms with Crippen LogP contribution in [0.4, 0.5) is 0 Å². The van der Waals surface area contributed by atoms with Crippen LogP contribution in [0.25, 0.3) is 0 Å². The molecule has 8 nitrogen and oxygen atoms in total. The van der Waals surface area contributed by atoms with Crippen LogP contribution in [-0.4, -0.2) is 36.7 Å². The highest BCUT2D eigenvalue weighted by molar-refractivity contribution is 5.94. The van der Waals surface area contributed by atoms with E-state index in [1.54, 1.807) is 15.8 Å². The van der Waals surface area contributed by atoms with Crippen LogP contribution in [0.2, 0.25) is 0 Å². The first-order chi connectivity index (χ1) is 10.7. The first-order valence-corrected chi connectivity index (χ1v) is 7.30. The van der Waals surface area contributed by atoms with E-state index in [2.05, 4.69) is 23.9 Å². The lowest BCUT2D eigenvalue weighted by atomic mass is 9.72. The minimum atomic E-state index is -0.589. The molecule has 1 fully saturated rings. The number of hydrogen-bond acceptors (Lipinski definition) is 4. The number of aromatic amines is 1. The Morgan fingerprint density at radius 1 is 1.35 bits per heavy atom. The third-order valence-corrected chi connectivity index (χ3v) is 4.34. The van der Waals surface area contributed by atoms with Gasteiger partial charge in [0.05, 0.1) is 12.2 Å². The van der Waals surface area contributed by atoms with Gasteiger partial charge in [-0.2, -0.15) is 5.10 Å². The van der Waals surface area contributed by atoms with Gasteiger partial charge < -0.3 is 9.88 Å². The van der Waals surface area contributed by atoms with Gasteiger partial charge in [0.25, 0.3) is 11.5 Å². The van der Waals surface area contributed by atoms with Gasteiger partial charge in [-0.1, -0.05) is 13.8 Å². The maximum Gasteiger partial charge on any atom is 0.328 e. The molecule has 8 heteroatoms. The van der Waals surface area contributed by atoms with Crippen molar-refractivity contribution in [1.82, 2.24) is 24.2 Å². The monoisotopic (exact) mass is 317 g/mol. The number of H-pyrrole nitrogens is 1. The zero-order valence-electron chi connectivity index (χ0n) is 13.5. The van der Waals surface area contributed by atoms with Crippen molar-refractivity contribution in [2.75, 3.05) is 6.54 Å². The van der Waals surface area contributed by atoms with Crippen molar-refractivity contribution in [2.24, 2.45) is 19.5 Å². The topological polar surface area (TPSA) is 93.0 Å². The molecule has 23 heavy (non-hydrogen) atoms. The Hall–Kier alpha value is -2.64. The van der Waals surface area contributed by atoms with E-state index >= 15 is 0 Å². The molecule has 2 aromatic heterocycles. The Morgan fingerprint density at radius 3 is 2.61 bits per heavy atom. The molecule has 122 valence electrons. The minimum Gasteiger partial charge on any atom is -0.330 e. The Bertz CT molecular complexity index is 889. The van der Waals surface area contributed by atoms with Gasteiger partial charge >= 0.3 is 5.69 Å². The summed E-state index contributed by atoms with van der Waals surface area (Å²) in [4.78, 5) is 40.4. The number of aryl methyl sites for hydroxylation is 1. The molecule has 3 rings (SSSR count). The third-order valence-electron chi connectivity index (χ3n) is 4.34. The number of likely N-dealkylation sites (tertiary alicyclic amines) is 1. The number of nitrogens with zero attached hydrogens (tertiary/aromatic N) is 4. The van der Waals surface area contributed by atoms with Crippen LogP contribution in [0.1, 0.15) is 35.8 Å². The van der Waals surface area contributed by atoms with Gasteiger partial charge in [0.15, 0.2) is 0 Å². The summed E-state index contributed by atoms with van der Waals surface area (Å²) in [5.74, 6) is -0.380. The van der Waals surface area contributed by atoms with E-state index in [0.717, 1.165) is 10.1 Å². The van der Waals surface area contributed by atoms with Gasteiger partial charge in [0.2, 0.25) is 0 Å². The fraction of sp³-hybridized carbons (Fsp3) is 0.467. The number of amides is 1. The van der Waals surface area contributed by atoms with E-state index in [1.165, 1.54) is 13.2 Å². The van der Waals surface area contributed by atoms with E-state index in [4.69, 9.17) is 0 Å². The molecule has 1 atom stereocenters. The number of carbonyl (C=O) groups is 1. The second-order valence-corrected chi connectivity index (χ2v) is 6.64. The molecule has 1 aliphatic heterocycles. The molecule has 3 heterocycles. The van der Waals surface area contributed by atoms with Crippen LogP contribution >= 0.6 is 0 Å². The Kier molecular flexibility index (Phi) is 3.28. The smallest absolute Gasteiger partial charge is 0.328 e. The summed E-state index contributed by atoms with van der Waals surface area (Å²) in [5.41, 5.74) is -0.339. The maximum absolute atomic E-state index is 12.8. The van der Waals surface area contributed by atoms with Gasteiger partial charge in [-0.3, -0.25) is 18.8 Å². The van der Waals surface area contributed by atoms with Gasteiger partial charge in [-0.15, -0.1) is 0 Å². The molecule has 0 radical (unpaired) electrons. The van der Waals surface area contributed by atoms with Gasteiger partial charge in [-0.25, -0.2) is 4.79 Å². The van der Waals surface area contributed by atoms with Crippen LogP contribution < -0.4 is 11.2 Å². The molecule has 1 saturated heterocycles. The van der Waals surface area contributed by atoms with Crippen LogP contribution in [0.5, 0.6) is 0 Å². The lowest BCUT2D eigenvalue weighted by Gasteiger charge is -2.54. The van der Waals surface area contributed by atoms with Gasteiger partial charge in [0.1, 0.15) is 5.56 Å². The minimum absolute atomic E-state index is 0.0310. The average molecular weight is 317 g/mol. The normalized spacial score (nSPS) is 19.5. The highest BCUT2D eigenvalue weighted by Gasteiger charge is 2.49. The lowest BCUT2D eigenvalue weighted by Crippen LogP contribution is -2.58. The fourth-order valence-corrected chi connectivity index (χ4v) is 3.20. The predicted octanol–water partition coefficient (Wildman–Crippen LogP) is 0.0304. The van der Waals surface area contributed by atoms with E-state index in [9.17, 15) is 14.4 Å². The first kappa shape index (κ1) is 15.3. The molecule has 1 amide bonds. The molecular weight excluding hydrogens is 298 g/mol. The number of aromatic nitrogens is 4. The summed E-state index contributed by atoms with van der Waals surface area (Å²) in [6.45, 7) is 4.67. The number of hydrogen-bond donors (Lipinski definition) is 1. The lowest BCUT2D eigenvalue weighted by molar-refractivity contribution is -0.0324. The van der Waals surface area contributed by atoms with Crippen molar-refractivity contribution in [3.05, 3.63) is 50.6 Å². The summed E-state index contributed by atoms with van der Waals surface area (Å²) in [5, 5.41) is 4.16. The SMILES string of the molecule is Cn1cc(C2N(C(=O)c3c[nH]c(=O)n(C)c3=O)CC2(C)C)cn1. The number of nitrogens with one attached hydrogen (secondary N) is 1. The van der Waals surface area contributed by atoms with Crippen LogP contribution in [-0.2, 0) is 14.1 Å². The van der Waals surface area contributed by atoms with Gasteiger partial charge in [-0.05, 0) is 0 Å². The zero-order chi connectivity index (χ0) is 16.9. The van der Waals surface area contributed by atoms with E-state index in [1.807, 2.05) is 13.2 Å². The quantitative estimate of drug-likeness (QED) is 0.846. The standard InChI is InChI=1S/C15H19N5O3/c1-15(2)8-20(11(15)9-5-17-18(3)7-9)13(22)10-6-16-14(23)19(4)12(10)21/h5-7,11H,8H2,1-4H3,(H,16,23). The fourth-order valence-electron chi connectivity index (χ4n) is 3.20. The van der Waals surface area contributed by atoms with Crippen molar-refractivity contribution in [1.29, 1.82) is 0 Å². The molecule has 1 aliphatic rings. The molecule has 0 spiro atoms. The Morgan fingerprint density at radius 2 is 2.04 bits per heavy atom. The summed E-state index contributed by atoms with van der Waals surface area (Å²) in [6.07, 6.45) is 4.80. The van der Waals surface area contributed by atoms with Crippen molar-refractivity contribution >= 4 is 5.91 Å². The maximum atomic E-state index is 12.8. The van der Waals surface area contributed by atoms with Gasteiger partial charge in [0, 0.05) is 44.0 Å². The Balaban J connectivity index is 1.99. The Labute approximate surface area is 132 Å². The second-order valence-electron chi connectivity index (χ2n) is 6.64. The molecule has 0 aliphatic carbocycles. The second kappa shape index (κ2) is 4.94. The number of carbonyl (C=O) groups excluding carboxylic acids is 1. The first-order valence-electron chi connectivity index (χ1n) is 7.30. The van der Waals surface area contributed by atoms with Crippen LogP contribution in [0.15, 0.2) is 28.2 Å². The van der Waals surface area contributed by atoms with E-state index in [0.29, 0.717) is 6.54 Å². The molecule has 0 bridgehead atoms. The molecule has 1 unspecified atom stereocenters. The van der Waals surface area contributed by atoms with Crippen molar-refractivity contribution < 1.29 is 4.79 Å².